The number of furan rings is 1. The van der Waals surface area contributed by atoms with Gasteiger partial charge in [0.15, 0.2) is 29.1 Å². The molecular formula is C36H40N2O5. The SMILES string of the molecule is COc1ccc2c(c1O)[C@]13CCN(C)[C@H](C2)[C@@H]1CCc1oc2c(c13)C[C@H]1[C@H]3Cc4ccc(OC)c5c4[C@@]1(CCN3C)[C@H]2O5. The van der Waals surface area contributed by atoms with Crippen molar-refractivity contribution in [3.8, 4) is 23.0 Å². The Morgan fingerprint density at radius 2 is 1.53 bits per heavy atom. The van der Waals surface area contributed by atoms with Gasteiger partial charge in [0.2, 0.25) is 0 Å². The standard InChI is InChI=1S/C36H40N2O5/c1-37-13-11-35-21(23(37)15-18-5-8-26(40-3)31(39)28(18)35)7-10-25-30(35)20-17-22-24-16-19-6-9-27(41-4)33-29(19)36(22,12-14-38(24)2)34(43-33)32(20)42-25/h5-6,8-9,21-24,34,39H,7,10-17H2,1-4H3/t21-,22-,23+,24+,34-,35-,36-/m0/s1. The molecule has 4 bridgehead atoms. The second kappa shape index (κ2) is 8.10. The van der Waals surface area contributed by atoms with Crippen molar-refractivity contribution in [1.29, 1.82) is 0 Å². The summed E-state index contributed by atoms with van der Waals surface area (Å²) in [4.78, 5) is 5.18. The van der Waals surface area contributed by atoms with E-state index in [-0.39, 0.29) is 16.9 Å². The molecule has 1 aromatic heterocycles. The normalized spacial score (nSPS) is 36.0. The van der Waals surface area contributed by atoms with Crippen molar-refractivity contribution in [3.63, 3.8) is 0 Å². The van der Waals surface area contributed by atoms with Gasteiger partial charge in [-0.25, -0.2) is 0 Å². The summed E-state index contributed by atoms with van der Waals surface area (Å²) >= 11 is 0. The zero-order valence-electron chi connectivity index (χ0n) is 25.5. The number of aromatic hydroxyl groups is 1. The highest BCUT2D eigenvalue weighted by atomic mass is 16.5. The van der Waals surface area contributed by atoms with Gasteiger partial charge >= 0.3 is 0 Å². The number of phenolic OH excluding ortho intramolecular Hbond substituents is 1. The average Bonchev–Trinajstić information content (AvgIpc) is 3.56. The van der Waals surface area contributed by atoms with E-state index in [4.69, 9.17) is 18.6 Å². The van der Waals surface area contributed by atoms with E-state index in [1.165, 1.54) is 27.8 Å². The molecule has 1 N–H and O–H groups in total. The molecule has 2 saturated heterocycles. The molecule has 7 atom stereocenters. The average molecular weight is 581 g/mol. The maximum absolute atomic E-state index is 11.9. The van der Waals surface area contributed by atoms with E-state index in [1.807, 2.05) is 6.07 Å². The molecule has 224 valence electrons. The molecule has 10 rings (SSSR count). The summed E-state index contributed by atoms with van der Waals surface area (Å²) in [6.07, 6.45) is 6.90. The number of likely N-dealkylation sites (tertiary alicyclic amines) is 2. The van der Waals surface area contributed by atoms with Crippen LogP contribution in [0.5, 0.6) is 23.0 Å². The molecule has 3 aromatic rings. The van der Waals surface area contributed by atoms with E-state index >= 15 is 0 Å². The first kappa shape index (κ1) is 25.2. The van der Waals surface area contributed by atoms with Gasteiger partial charge < -0.3 is 33.5 Å². The van der Waals surface area contributed by atoms with Crippen molar-refractivity contribution in [2.45, 2.75) is 74.0 Å². The first-order chi connectivity index (χ1) is 20.9. The molecular weight excluding hydrogens is 540 g/mol. The maximum atomic E-state index is 11.9. The Labute approximate surface area is 252 Å². The number of fused-ring (bicyclic) bond motifs is 5. The van der Waals surface area contributed by atoms with E-state index in [2.05, 4.69) is 42.1 Å². The van der Waals surface area contributed by atoms with Crippen LogP contribution in [0.3, 0.4) is 0 Å². The quantitative estimate of drug-likeness (QED) is 0.462. The molecule has 7 heteroatoms. The molecule has 0 radical (unpaired) electrons. The lowest BCUT2D eigenvalue weighted by atomic mass is 9.48. The number of benzene rings is 2. The summed E-state index contributed by atoms with van der Waals surface area (Å²) in [5.74, 6) is 5.73. The van der Waals surface area contributed by atoms with Crippen molar-refractivity contribution in [3.05, 3.63) is 69.2 Å². The lowest BCUT2D eigenvalue weighted by molar-refractivity contribution is -0.0327. The predicted molar refractivity (Wildman–Crippen MR) is 161 cm³/mol. The Kier molecular flexibility index (Phi) is 4.75. The fourth-order valence-electron chi connectivity index (χ4n) is 11.7. The van der Waals surface area contributed by atoms with Gasteiger partial charge in [-0.05, 0) is 101 Å². The highest BCUT2D eigenvalue weighted by Gasteiger charge is 2.68. The zero-order chi connectivity index (χ0) is 29.0. The van der Waals surface area contributed by atoms with Crippen molar-refractivity contribution in [2.75, 3.05) is 41.4 Å². The first-order valence-electron chi connectivity index (χ1n) is 16.2. The summed E-state index contributed by atoms with van der Waals surface area (Å²) in [5.41, 5.74) is 7.55. The largest absolute Gasteiger partial charge is 0.504 e. The molecule has 3 aliphatic heterocycles. The third-order valence-electron chi connectivity index (χ3n) is 13.3. The molecule has 2 aromatic carbocycles. The van der Waals surface area contributed by atoms with E-state index in [1.54, 1.807) is 14.2 Å². The summed E-state index contributed by atoms with van der Waals surface area (Å²) < 4.78 is 25.9. The van der Waals surface area contributed by atoms with Crippen LogP contribution in [-0.4, -0.2) is 68.4 Å². The number of phenols is 1. The lowest BCUT2D eigenvalue weighted by Crippen LogP contribution is -2.63. The Hall–Kier alpha value is -3.16. The van der Waals surface area contributed by atoms with Gasteiger partial charge in [0.05, 0.1) is 14.2 Å². The minimum absolute atomic E-state index is 0.0930. The van der Waals surface area contributed by atoms with E-state index in [0.29, 0.717) is 35.4 Å². The Morgan fingerprint density at radius 1 is 0.837 bits per heavy atom. The van der Waals surface area contributed by atoms with Crippen LogP contribution in [0.4, 0.5) is 0 Å². The molecule has 7 nitrogen and oxygen atoms in total. The topological polar surface area (TPSA) is 67.5 Å². The van der Waals surface area contributed by atoms with Gasteiger partial charge in [-0.1, -0.05) is 12.1 Å². The third kappa shape index (κ3) is 2.70. The van der Waals surface area contributed by atoms with Gasteiger partial charge in [-0.15, -0.1) is 0 Å². The number of hydrogen-bond donors (Lipinski definition) is 1. The number of rotatable bonds is 2. The van der Waals surface area contributed by atoms with Crippen molar-refractivity contribution in [2.24, 2.45) is 11.8 Å². The molecule has 7 aliphatic rings. The van der Waals surface area contributed by atoms with Gasteiger partial charge in [0.25, 0.3) is 0 Å². The molecule has 4 heterocycles. The smallest absolute Gasteiger partial charge is 0.167 e. The van der Waals surface area contributed by atoms with Gasteiger partial charge in [-0.3, -0.25) is 0 Å². The van der Waals surface area contributed by atoms with Crippen LogP contribution in [0, 0.1) is 11.8 Å². The summed E-state index contributed by atoms with van der Waals surface area (Å²) in [6.45, 7) is 2.06. The monoisotopic (exact) mass is 580 g/mol. The number of ether oxygens (including phenoxy) is 3. The second-order valence-corrected chi connectivity index (χ2v) is 14.5. The van der Waals surface area contributed by atoms with Crippen LogP contribution in [-0.2, 0) is 36.5 Å². The van der Waals surface area contributed by atoms with Crippen LogP contribution in [0.25, 0.3) is 0 Å². The minimum atomic E-state index is -0.289. The highest BCUT2D eigenvalue weighted by molar-refractivity contribution is 5.66. The van der Waals surface area contributed by atoms with Gasteiger partial charge in [-0.2, -0.15) is 0 Å². The number of methoxy groups -OCH3 is 2. The van der Waals surface area contributed by atoms with Crippen molar-refractivity contribution in [1.82, 2.24) is 9.80 Å². The summed E-state index contributed by atoms with van der Waals surface area (Å²) in [6, 6.07) is 9.45. The summed E-state index contributed by atoms with van der Waals surface area (Å²) in [7, 11) is 8.03. The van der Waals surface area contributed by atoms with E-state index in [0.717, 1.165) is 86.6 Å². The third-order valence-corrected chi connectivity index (χ3v) is 13.3. The molecule has 0 saturated carbocycles. The Bertz CT molecular complexity index is 1730. The van der Waals surface area contributed by atoms with Gasteiger partial charge in [0.1, 0.15) is 11.5 Å². The molecule has 4 aliphatic carbocycles. The van der Waals surface area contributed by atoms with E-state index < -0.39 is 0 Å². The number of nitrogens with zero attached hydrogens (tertiary/aromatic N) is 2. The molecule has 0 unspecified atom stereocenters. The van der Waals surface area contributed by atoms with Crippen LogP contribution in [0.1, 0.15) is 70.3 Å². The fourth-order valence-corrected chi connectivity index (χ4v) is 11.7. The minimum Gasteiger partial charge on any atom is -0.504 e. The Morgan fingerprint density at radius 3 is 2.30 bits per heavy atom. The Balaban J connectivity index is 1.25. The van der Waals surface area contributed by atoms with Crippen LogP contribution in [0.2, 0.25) is 0 Å². The molecule has 1 spiro atoms. The fraction of sp³-hybridized carbons (Fsp3) is 0.556. The molecule has 0 amide bonds. The zero-order valence-corrected chi connectivity index (χ0v) is 25.5. The maximum Gasteiger partial charge on any atom is 0.167 e. The van der Waals surface area contributed by atoms with Crippen molar-refractivity contribution < 1.29 is 23.7 Å². The molecule has 43 heavy (non-hydrogen) atoms. The number of hydrogen-bond acceptors (Lipinski definition) is 7. The predicted octanol–water partition coefficient (Wildman–Crippen LogP) is 4.92. The summed E-state index contributed by atoms with van der Waals surface area (Å²) in [5, 5.41) is 11.9. The van der Waals surface area contributed by atoms with Gasteiger partial charge in [0, 0.05) is 51.6 Å². The highest BCUT2D eigenvalue weighted by Crippen LogP contribution is 2.70. The number of piperidine rings is 2. The first-order valence-corrected chi connectivity index (χ1v) is 16.2. The molecule has 2 fully saturated rings. The van der Waals surface area contributed by atoms with Crippen LogP contribution < -0.4 is 14.2 Å². The van der Waals surface area contributed by atoms with Crippen molar-refractivity contribution >= 4 is 0 Å². The lowest BCUT2D eigenvalue weighted by Gasteiger charge is -2.59. The van der Waals surface area contributed by atoms with E-state index in [9.17, 15) is 5.11 Å². The van der Waals surface area contributed by atoms with Crippen LogP contribution >= 0.6 is 0 Å². The number of likely N-dealkylation sites (N-methyl/N-ethyl adjacent to an activating group) is 2. The second-order valence-electron chi connectivity index (χ2n) is 14.5. The van der Waals surface area contributed by atoms with Crippen LogP contribution in [0.15, 0.2) is 28.7 Å². The number of aryl methyl sites for hydroxylation is 1.